The standard InChI is InChI=1S/C75H104N10O15S2/c1-9-54(39-79-40-59-18-24-65-67(36-59)99-49-97-65)33-51(4)74(93)84(44-60-19-25-66-68(37-60)100-50-98-66)42-56(11-3)34-52(5)73(92)83(30-26-57-14-20-62(86)21-15-57)41-55(10-2)35-53(6)75(94)85(43-58-16-22-64(23-17-58)102(8,95)96)46-69(88)80-29-12-13-70(89)82(32-28-77)47-71(90)81(31-27-76)45-63(87)38-61(48-101-7)72(78)91/h14-25,33-37,51-53,61,79,86H,9-13,26-32,38-50,76-77H2,1-8H3,(H2,78,91)(H,80,88)/b54-33+,55-35+,56-34+/t51-,52-,53-,61?/m1/s1. The van der Waals surface area contributed by atoms with E-state index in [1.54, 1.807) is 60.6 Å². The van der Waals surface area contributed by atoms with Crippen LogP contribution >= 0.6 is 11.8 Å². The number of carbonyl (C=O) groups excluding carboxylic acids is 8. The Bertz CT molecular complexity index is 3720. The second kappa shape index (κ2) is 41.4. The number of carbonyl (C=O) groups is 8. The lowest BCUT2D eigenvalue weighted by Gasteiger charge is -2.29. The molecule has 4 aromatic carbocycles. The number of rotatable bonds is 44. The lowest BCUT2D eigenvalue weighted by atomic mass is 9.99. The smallest absolute Gasteiger partial charge is 0.242 e. The number of Topliss-reactive ketones (excluding diaryl/α,β-unsaturated/α-hetero) is 1. The van der Waals surface area contributed by atoms with Gasteiger partial charge in [-0.1, -0.05) is 113 Å². The van der Waals surface area contributed by atoms with Gasteiger partial charge in [-0.25, -0.2) is 8.42 Å². The lowest BCUT2D eigenvalue weighted by molar-refractivity contribution is -0.142. The molecule has 556 valence electrons. The van der Waals surface area contributed by atoms with Crippen molar-refractivity contribution in [2.24, 2.45) is 40.9 Å². The van der Waals surface area contributed by atoms with Crippen molar-refractivity contribution in [3.8, 4) is 28.7 Å². The van der Waals surface area contributed by atoms with Crippen LogP contribution in [0.1, 0.15) is 102 Å². The summed E-state index contributed by atoms with van der Waals surface area (Å²) in [5.74, 6) is -2.89. The minimum atomic E-state index is -3.56. The van der Waals surface area contributed by atoms with Crippen LogP contribution < -0.4 is 46.8 Å². The molecule has 2 heterocycles. The Balaban J connectivity index is 1.18. The summed E-state index contributed by atoms with van der Waals surface area (Å²) in [7, 11) is -3.56. The molecule has 2 aliphatic heterocycles. The van der Waals surface area contributed by atoms with Crippen LogP contribution in [-0.2, 0) is 74.2 Å². The third-order valence-electron chi connectivity index (χ3n) is 17.6. The summed E-state index contributed by atoms with van der Waals surface area (Å²) >= 11 is 1.37. The van der Waals surface area contributed by atoms with Crippen molar-refractivity contribution < 1.29 is 70.8 Å². The molecule has 9 N–H and O–H groups in total. The molecule has 4 aromatic rings. The highest BCUT2D eigenvalue weighted by atomic mass is 32.2. The molecule has 4 atom stereocenters. The summed E-state index contributed by atoms with van der Waals surface area (Å²) in [4.78, 5) is 118. The third-order valence-corrected chi connectivity index (χ3v) is 19.5. The molecule has 0 bridgehead atoms. The Labute approximate surface area is 604 Å². The number of benzene rings is 4. The van der Waals surface area contributed by atoms with Crippen molar-refractivity contribution in [1.29, 1.82) is 0 Å². The number of nitrogens with one attached hydrogen (secondary N) is 2. The molecule has 0 saturated heterocycles. The van der Waals surface area contributed by atoms with E-state index in [1.165, 1.54) is 38.6 Å². The van der Waals surface area contributed by atoms with Crippen LogP contribution in [0.15, 0.2) is 125 Å². The lowest BCUT2D eigenvalue weighted by Crippen LogP contribution is -2.47. The van der Waals surface area contributed by atoms with Crippen LogP contribution in [0.4, 0.5) is 0 Å². The van der Waals surface area contributed by atoms with Crippen LogP contribution in [-0.4, -0.2) is 196 Å². The van der Waals surface area contributed by atoms with Crippen LogP contribution in [0.2, 0.25) is 0 Å². The molecule has 2 aliphatic rings. The number of ether oxygens (including phenoxy) is 4. The van der Waals surface area contributed by atoms with Gasteiger partial charge in [0.1, 0.15) is 5.75 Å². The number of primary amides is 1. The second-order valence-electron chi connectivity index (χ2n) is 25.8. The first-order chi connectivity index (χ1) is 48.7. The van der Waals surface area contributed by atoms with Gasteiger partial charge in [0.15, 0.2) is 38.6 Å². The Hall–Kier alpha value is -8.76. The minimum Gasteiger partial charge on any atom is -0.508 e. The molecule has 6 rings (SSSR count). The number of nitrogens with zero attached hydrogens (tertiary/aromatic N) is 5. The predicted octanol–water partition coefficient (Wildman–Crippen LogP) is 6.28. The van der Waals surface area contributed by atoms with Crippen LogP contribution in [0, 0.1) is 23.7 Å². The van der Waals surface area contributed by atoms with Gasteiger partial charge in [0.2, 0.25) is 54.9 Å². The summed E-state index contributed by atoms with van der Waals surface area (Å²) in [5, 5.41) is 16.5. The van der Waals surface area contributed by atoms with Crippen molar-refractivity contribution in [2.45, 2.75) is 111 Å². The van der Waals surface area contributed by atoms with E-state index in [1.807, 2.05) is 81.1 Å². The summed E-state index contributed by atoms with van der Waals surface area (Å²) in [6.07, 6.45) is 10.7. The van der Waals surface area contributed by atoms with E-state index in [0.29, 0.717) is 66.7 Å². The van der Waals surface area contributed by atoms with Gasteiger partial charge in [-0.2, -0.15) is 11.8 Å². The molecule has 102 heavy (non-hydrogen) atoms. The van der Waals surface area contributed by atoms with E-state index >= 15 is 4.79 Å². The fourth-order valence-electron chi connectivity index (χ4n) is 11.9. The van der Waals surface area contributed by atoms with E-state index in [0.717, 1.165) is 46.1 Å². The number of hydrogen-bond acceptors (Lipinski definition) is 19. The second-order valence-corrected chi connectivity index (χ2v) is 28.7. The largest absolute Gasteiger partial charge is 0.508 e. The molecule has 25 nitrogen and oxygen atoms in total. The molecule has 0 spiro atoms. The monoisotopic (exact) mass is 1450 g/mol. The number of fused-ring (bicyclic) bond motifs is 2. The topological polar surface area (TPSA) is 346 Å². The Kier molecular flexibility index (Phi) is 33.3. The SMILES string of the molecule is CC/C(=C\[C@@H](C)C(=O)N(C/C(=C/[C@@H](C)C(=O)N(CCc1ccc(O)cc1)C/C(=C/[C@@H](C)C(=O)N(CC(=O)NCCCC(=O)N(CCN)CC(=O)N(CCN)CC(=O)CC(CSC)C(N)=O)Cc1ccc(S(C)(=O)=O)cc1)CC)CC)Cc1ccc2c(c1)OCO2)CNCc1ccc2c(c1)OCO2. The predicted molar refractivity (Wildman–Crippen MR) is 392 cm³/mol. The summed E-state index contributed by atoms with van der Waals surface area (Å²) < 4.78 is 47.2. The average Bonchev–Trinajstić information content (AvgIpc) is 1.47. The molecule has 0 radical (unpaired) electrons. The molecule has 0 aliphatic carbocycles. The first-order valence-corrected chi connectivity index (χ1v) is 38.1. The number of thioether (sulfide) groups is 1. The highest BCUT2D eigenvalue weighted by Crippen LogP contribution is 2.34. The molecule has 27 heteroatoms. The van der Waals surface area contributed by atoms with Crippen LogP contribution in [0.5, 0.6) is 28.7 Å². The summed E-state index contributed by atoms with van der Waals surface area (Å²) in [6, 6.07) is 24.3. The normalized spacial score (nSPS) is 13.9. The number of nitrogens with two attached hydrogens (primary N) is 3. The Morgan fingerprint density at radius 3 is 1.63 bits per heavy atom. The molecule has 7 amide bonds. The number of phenols is 1. The maximum atomic E-state index is 15.1. The minimum absolute atomic E-state index is 0.0140. The van der Waals surface area contributed by atoms with Gasteiger partial charge in [0.05, 0.1) is 48.2 Å². The van der Waals surface area contributed by atoms with E-state index in [2.05, 4.69) is 17.6 Å². The van der Waals surface area contributed by atoms with Crippen molar-refractivity contribution in [1.82, 2.24) is 35.1 Å². The van der Waals surface area contributed by atoms with E-state index < -0.39 is 76.1 Å². The molecule has 0 aromatic heterocycles. The zero-order chi connectivity index (χ0) is 74.5. The van der Waals surface area contributed by atoms with E-state index in [4.69, 9.17) is 36.1 Å². The Morgan fingerprint density at radius 2 is 1.08 bits per heavy atom. The first-order valence-electron chi connectivity index (χ1n) is 34.8. The quantitative estimate of drug-likeness (QED) is 0.0209. The number of phenolic OH excluding ortho intramolecular Hbond substituents is 1. The van der Waals surface area contributed by atoms with Crippen molar-refractivity contribution in [3.63, 3.8) is 0 Å². The highest BCUT2D eigenvalue weighted by Gasteiger charge is 2.29. The van der Waals surface area contributed by atoms with Gasteiger partial charge in [-0.15, -0.1) is 0 Å². The Morgan fingerprint density at radius 1 is 0.588 bits per heavy atom. The number of sulfone groups is 1. The summed E-state index contributed by atoms with van der Waals surface area (Å²) in [6.45, 7) is 12.7. The maximum Gasteiger partial charge on any atom is 0.242 e. The average molecular weight is 1450 g/mol. The van der Waals surface area contributed by atoms with Gasteiger partial charge in [-0.3, -0.25) is 38.4 Å². The zero-order valence-electron chi connectivity index (χ0n) is 60.2. The molecule has 1 unspecified atom stereocenters. The van der Waals surface area contributed by atoms with Crippen molar-refractivity contribution in [3.05, 3.63) is 142 Å². The number of ketones is 1. The zero-order valence-corrected chi connectivity index (χ0v) is 61.9. The molecule has 0 saturated carbocycles. The number of aromatic hydroxyl groups is 1. The van der Waals surface area contributed by atoms with Crippen molar-refractivity contribution >= 4 is 68.7 Å². The number of amides is 7. The van der Waals surface area contributed by atoms with Gasteiger partial charge in [0, 0.05) is 103 Å². The van der Waals surface area contributed by atoms with Gasteiger partial charge in [0.25, 0.3) is 0 Å². The molecular formula is C75H104N10O15S2. The van der Waals surface area contributed by atoms with Crippen LogP contribution in [0.3, 0.4) is 0 Å². The third kappa shape index (κ3) is 26.2. The van der Waals surface area contributed by atoms with Crippen LogP contribution in [0.25, 0.3) is 0 Å². The van der Waals surface area contributed by atoms with E-state index in [-0.39, 0.29) is 133 Å². The molecular weight excluding hydrogens is 1350 g/mol. The molecule has 0 fully saturated rings. The fraction of sp³-hybridized carbons (Fsp3) is 0.493. The maximum absolute atomic E-state index is 15.1. The van der Waals surface area contributed by atoms with Gasteiger partial charge >= 0.3 is 0 Å². The summed E-state index contributed by atoms with van der Waals surface area (Å²) in [5.41, 5.74) is 23.1. The fourth-order valence-corrected chi connectivity index (χ4v) is 13.2. The number of hydrogen-bond donors (Lipinski definition) is 6. The highest BCUT2D eigenvalue weighted by molar-refractivity contribution is 7.98. The van der Waals surface area contributed by atoms with Gasteiger partial charge in [-0.05, 0) is 109 Å². The van der Waals surface area contributed by atoms with E-state index in [9.17, 15) is 47.1 Å². The van der Waals surface area contributed by atoms with Crippen molar-refractivity contribution in [2.75, 3.05) is 110 Å². The first kappa shape index (κ1) is 82.2. The van der Waals surface area contributed by atoms with Gasteiger partial charge < -0.3 is 76.4 Å².